The van der Waals surface area contributed by atoms with Crippen LogP contribution in [-0.2, 0) is 17.6 Å². The van der Waals surface area contributed by atoms with Crippen molar-refractivity contribution in [3.05, 3.63) is 51.9 Å². The third-order valence-electron chi connectivity index (χ3n) is 4.58. The number of benzene rings is 1. The van der Waals surface area contributed by atoms with Crippen LogP contribution in [0.4, 0.5) is 5.00 Å². The van der Waals surface area contributed by atoms with Crippen molar-refractivity contribution in [2.24, 2.45) is 5.73 Å². The van der Waals surface area contributed by atoms with Crippen LogP contribution in [0.15, 0.2) is 30.3 Å². The van der Waals surface area contributed by atoms with Crippen molar-refractivity contribution >= 4 is 28.2 Å². The van der Waals surface area contributed by atoms with Gasteiger partial charge in [-0.05, 0) is 43.2 Å². The highest BCUT2D eigenvalue weighted by Crippen LogP contribution is 2.38. The van der Waals surface area contributed by atoms with Gasteiger partial charge in [-0.2, -0.15) is 0 Å². The molecular weight excluding hydrogens is 320 g/mol. The van der Waals surface area contributed by atoms with Crippen LogP contribution in [0.3, 0.4) is 0 Å². The van der Waals surface area contributed by atoms with Crippen molar-refractivity contribution in [1.29, 1.82) is 0 Å². The van der Waals surface area contributed by atoms with E-state index in [1.165, 1.54) is 16.2 Å². The molecule has 1 aliphatic rings. The second-order valence-electron chi connectivity index (χ2n) is 6.14. The number of rotatable bonds is 5. The summed E-state index contributed by atoms with van der Waals surface area (Å²) in [6.45, 7) is 1.99. The number of fused-ring (bicyclic) bond motifs is 1. The van der Waals surface area contributed by atoms with Gasteiger partial charge in [0.2, 0.25) is 5.91 Å². The smallest absolute Gasteiger partial charge is 0.251 e. The fraction of sp³-hybridized carbons (Fsp3) is 0.368. The lowest BCUT2D eigenvalue weighted by Gasteiger charge is -2.15. The molecule has 0 saturated carbocycles. The summed E-state index contributed by atoms with van der Waals surface area (Å²) in [5.41, 5.74) is 8.14. The van der Waals surface area contributed by atoms with Gasteiger partial charge in [0.15, 0.2) is 0 Å². The predicted molar refractivity (Wildman–Crippen MR) is 97.6 cm³/mol. The van der Waals surface area contributed by atoms with Crippen molar-refractivity contribution in [2.75, 3.05) is 5.32 Å². The molecule has 126 valence electrons. The number of thiophene rings is 1. The average Bonchev–Trinajstić information content (AvgIpc) is 2.94. The van der Waals surface area contributed by atoms with E-state index in [4.69, 9.17) is 5.73 Å². The van der Waals surface area contributed by atoms with Gasteiger partial charge in [-0.25, -0.2) is 0 Å². The van der Waals surface area contributed by atoms with E-state index in [2.05, 4.69) is 5.32 Å². The normalized spacial score (nSPS) is 14.7. The fourth-order valence-electron chi connectivity index (χ4n) is 3.37. The molecule has 5 heteroatoms. The quantitative estimate of drug-likeness (QED) is 0.866. The first-order chi connectivity index (χ1) is 11.6. The summed E-state index contributed by atoms with van der Waals surface area (Å²) in [5, 5.41) is 3.60. The Bertz CT molecular complexity index is 752. The van der Waals surface area contributed by atoms with Crippen LogP contribution in [0.5, 0.6) is 0 Å². The van der Waals surface area contributed by atoms with Gasteiger partial charge >= 0.3 is 0 Å². The van der Waals surface area contributed by atoms with Crippen LogP contribution in [0.2, 0.25) is 0 Å². The summed E-state index contributed by atoms with van der Waals surface area (Å²) in [6.07, 6.45) is 4.73. The molecule has 0 fully saturated rings. The van der Waals surface area contributed by atoms with Gasteiger partial charge in [0.05, 0.1) is 11.5 Å². The van der Waals surface area contributed by atoms with Crippen molar-refractivity contribution in [2.45, 2.75) is 44.9 Å². The number of hydrogen-bond acceptors (Lipinski definition) is 3. The van der Waals surface area contributed by atoms with E-state index in [9.17, 15) is 9.59 Å². The summed E-state index contributed by atoms with van der Waals surface area (Å²) in [7, 11) is 0. The van der Waals surface area contributed by atoms with E-state index in [1.54, 1.807) is 0 Å². The third-order valence-corrected chi connectivity index (χ3v) is 5.79. The summed E-state index contributed by atoms with van der Waals surface area (Å²) < 4.78 is 0. The second-order valence-corrected chi connectivity index (χ2v) is 7.25. The number of nitrogens with two attached hydrogens (primary N) is 1. The Hall–Kier alpha value is -2.14. The molecule has 1 atom stereocenters. The van der Waals surface area contributed by atoms with Crippen molar-refractivity contribution in [1.82, 2.24) is 0 Å². The second kappa shape index (κ2) is 7.18. The lowest BCUT2D eigenvalue weighted by molar-refractivity contribution is -0.117. The van der Waals surface area contributed by atoms with E-state index >= 15 is 0 Å². The van der Waals surface area contributed by atoms with Gasteiger partial charge < -0.3 is 11.1 Å². The molecule has 1 aromatic carbocycles. The Morgan fingerprint density at radius 2 is 1.92 bits per heavy atom. The van der Waals surface area contributed by atoms with E-state index < -0.39 is 5.91 Å². The van der Waals surface area contributed by atoms with Crippen molar-refractivity contribution in [3.63, 3.8) is 0 Å². The van der Waals surface area contributed by atoms with Gasteiger partial charge in [0.1, 0.15) is 5.00 Å². The van der Waals surface area contributed by atoms with Crippen LogP contribution in [0.1, 0.15) is 58.5 Å². The van der Waals surface area contributed by atoms with Gasteiger partial charge in [0, 0.05) is 4.88 Å². The molecular formula is C19H22N2O2S. The standard InChI is InChI=1S/C19H22N2O2S/c1-2-13(12-8-4-3-5-9-12)18(23)21-19-16(17(20)22)14-10-6-7-11-15(14)24-19/h3-5,8-9,13H,2,6-7,10-11H2,1H3,(H2,20,22)(H,21,23)/t13-/m1/s1. The summed E-state index contributed by atoms with van der Waals surface area (Å²) in [4.78, 5) is 25.9. The fourth-order valence-corrected chi connectivity index (χ4v) is 4.67. The molecule has 2 aromatic rings. The number of primary amides is 1. The van der Waals surface area contributed by atoms with Gasteiger partial charge in [0.25, 0.3) is 5.91 Å². The minimum absolute atomic E-state index is 0.0789. The van der Waals surface area contributed by atoms with Crippen LogP contribution in [0.25, 0.3) is 0 Å². The third kappa shape index (κ3) is 3.22. The van der Waals surface area contributed by atoms with E-state index in [0.717, 1.165) is 36.8 Å². The number of amides is 2. The Morgan fingerprint density at radius 1 is 1.21 bits per heavy atom. The largest absolute Gasteiger partial charge is 0.365 e. The first kappa shape index (κ1) is 16.7. The van der Waals surface area contributed by atoms with Crippen molar-refractivity contribution in [3.8, 4) is 0 Å². The topological polar surface area (TPSA) is 72.2 Å². The maximum atomic E-state index is 12.8. The zero-order chi connectivity index (χ0) is 17.1. The molecule has 0 aliphatic heterocycles. The Kier molecular flexibility index (Phi) is 5.00. The zero-order valence-corrected chi connectivity index (χ0v) is 14.6. The SMILES string of the molecule is CC[C@@H](C(=O)Nc1sc2c(c1C(N)=O)CCCC2)c1ccccc1. The molecule has 0 bridgehead atoms. The summed E-state index contributed by atoms with van der Waals surface area (Å²) in [5.74, 6) is -0.756. The minimum Gasteiger partial charge on any atom is -0.365 e. The molecule has 0 radical (unpaired) electrons. The molecule has 4 nitrogen and oxygen atoms in total. The van der Waals surface area contributed by atoms with E-state index in [0.29, 0.717) is 17.0 Å². The summed E-state index contributed by atoms with van der Waals surface area (Å²) >= 11 is 1.51. The van der Waals surface area contributed by atoms with Gasteiger partial charge in [-0.15, -0.1) is 11.3 Å². The van der Waals surface area contributed by atoms with Crippen molar-refractivity contribution < 1.29 is 9.59 Å². The van der Waals surface area contributed by atoms with Gasteiger partial charge in [-0.3, -0.25) is 9.59 Å². The first-order valence-corrected chi connectivity index (χ1v) is 9.23. The zero-order valence-electron chi connectivity index (χ0n) is 13.8. The monoisotopic (exact) mass is 342 g/mol. The molecule has 1 heterocycles. The molecule has 0 spiro atoms. The highest BCUT2D eigenvalue weighted by atomic mass is 32.1. The number of hydrogen-bond donors (Lipinski definition) is 2. The Labute approximate surface area is 146 Å². The number of anilines is 1. The van der Waals surface area contributed by atoms with Crippen LogP contribution < -0.4 is 11.1 Å². The van der Waals surface area contributed by atoms with Crippen LogP contribution >= 0.6 is 11.3 Å². The molecule has 2 amide bonds. The van der Waals surface area contributed by atoms with E-state index in [1.807, 2.05) is 37.3 Å². The molecule has 3 N–H and O–H groups in total. The number of nitrogens with one attached hydrogen (secondary N) is 1. The van der Waals surface area contributed by atoms with Gasteiger partial charge in [-0.1, -0.05) is 37.3 Å². The van der Waals surface area contributed by atoms with E-state index in [-0.39, 0.29) is 11.8 Å². The maximum absolute atomic E-state index is 12.8. The first-order valence-electron chi connectivity index (χ1n) is 8.42. The molecule has 0 saturated heterocycles. The summed E-state index contributed by atoms with van der Waals surface area (Å²) in [6, 6.07) is 9.73. The highest BCUT2D eigenvalue weighted by molar-refractivity contribution is 7.17. The molecule has 3 rings (SSSR count). The Balaban J connectivity index is 1.89. The predicted octanol–water partition coefficient (Wildman–Crippen LogP) is 3.86. The highest BCUT2D eigenvalue weighted by Gasteiger charge is 2.27. The molecule has 0 unspecified atom stereocenters. The lowest BCUT2D eigenvalue weighted by Crippen LogP contribution is -2.22. The lowest BCUT2D eigenvalue weighted by atomic mass is 9.94. The average molecular weight is 342 g/mol. The number of carbonyl (C=O) groups excluding carboxylic acids is 2. The number of carbonyl (C=O) groups is 2. The molecule has 24 heavy (non-hydrogen) atoms. The number of aryl methyl sites for hydroxylation is 1. The Morgan fingerprint density at radius 3 is 2.58 bits per heavy atom. The minimum atomic E-state index is -0.447. The van der Waals surface area contributed by atoms with Crippen LogP contribution in [-0.4, -0.2) is 11.8 Å². The molecule has 1 aromatic heterocycles. The van der Waals surface area contributed by atoms with Crippen LogP contribution in [0, 0.1) is 0 Å². The molecule has 1 aliphatic carbocycles. The maximum Gasteiger partial charge on any atom is 0.251 e.